The monoisotopic (exact) mass is 344 g/mol. The van der Waals surface area contributed by atoms with E-state index in [1.165, 1.54) is 0 Å². The fourth-order valence-electron chi connectivity index (χ4n) is 2.55. The van der Waals surface area contributed by atoms with Crippen molar-refractivity contribution in [3.05, 3.63) is 52.8 Å². The van der Waals surface area contributed by atoms with Crippen LogP contribution in [0.15, 0.2) is 47.2 Å². The van der Waals surface area contributed by atoms with Crippen LogP contribution in [0.2, 0.25) is 0 Å². The van der Waals surface area contributed by atoms with E-state index in [0.717, 1.165) is 39.1 Å². The highest BCUT2D eigenvalue weighted by Crippen LogP contribution is 2.36. The minimum absolute atomic E-state index is 0.599. The Morgan fingerprint density at radius 2 is 1.86 bits per heavy atom. The molecule has 1 aliphatic heterocycles. The van der Waals surface area contributed by atoms with Gasteiger partial charge in [0.25, 0.3) is 0 Å². The molecular weight excluding hydrogens is 332 g/mol. The van der Waals surface area contributed by atoms with E-state index >= 15 is 0 Å². The summed E-state index contributed by atoms with van der Waals surface area (Å²) < 4.78 is 14.4. The van der Waals surface area contributed by atoms with Crippen molar-refractivity contribution in [2.24, 2.45) is 0 Å². The van der Waals surface area contributed by atoms with E-state index in [1.807, 2.05) is 36.7 Å². The van der Waals surface area contributed by atoms with Gasteiger partial charge in [-0.3, -0.25) is 0 Å². The molecule has 0 saturated carbocycles. The summed E-state index contributed by atoms with van der Waals surface area (Å²) in [7, 11) is 0. The van der Waals surface area contributed by atoms with E-state index in [9.17, 15) is 0 Å². The molecule has 4 rings (SSSR count). The second-order valence-electron chi connectivity index (χ2n) is 4.95. The largest absolute Gasteiger partial charge is 0.486 e. The first-order chi connectivity index (χ1) is 10.3. The van der Waals surface area contributed by atoms with Crippen LogP contribution >= 0.6 is 15.9 Å². The maximum atomic E-state index is 5.66. The predicted molar refractivity (Wildman–Crippen MR) is 84.0 cm³/mol. The number of halogens is 1. The summed E-state index contributed by atoms with van der Waals surface area (Å²) in [6.45, 7) is 1.94. The molecule has 3 aromatic rings. The molecule has 0 N–H and O–H groups in total. The number of hydrogen-bond donors (Lipinski definition) is 0. The van der Waals surface area contributed by atoms with Gasteiger partial charge in [0.15, 0.2) is 11.5 Å². The quantitative estimate of drug-likeness (QED) is 0.712. The second-order valence-corrected chi connectivity index (χ2v) is 5.80. The van der Waals surface area contributed by atoms with Gasteiger partial charge in [-0.05, 0) is 29.8 Å². The number of rotatable bonds is 2. The topological polar surface area (TPSA) is 36.3 Å². The van der Waals surface area contributed by atoms with Crippen molar-refractivity contribution >= 4 is 27.0 Å². The fraction of sp³-hybridized carbons (Fsp3) is 0.188. The van der Waals surface area contributed by atoms with Gasteiger partial charge in [0.1, 0.15) is 13.2 Å². The van der Waals surface area contributed by atoms with Crippen molar-refractivity contribution < 1.29 is 9.47 Å². The van der Waals surface area contributed by atoms with Gasteiger partial charge in [0.05, 0.1) is 23.9 Å². The van der Waals surface area contributed by atoms with Crippen molar-refractivity contribution in [2.45, 2.75) is 6.54 Å². The summed E-state index contributed by atoms with van der Waals surface area (Å²) in [5, 5.41) is 0. The summed E-state index contributed by atoms with van der Waals surface area (Å²) in [5.41, 5.74) is 3.27. The molecule has 0 radical (unpaired) electrons. The lowest BCUT2D eigenvalue weighted by Crippen LogP contribution is -2.15. The van der Waals surface area contributed by atoms with Gasteiger partial charge in [0.2, 0.25) is 0 Å². The molecule has 106 valence electrons. The number of imidazole rings is 1. The van der Waals surface area contributed by atoms with Crippen LogP contribution in [0, 0.1) is 0 Å². The first-order valence-corrected chi connectivity index (χ1v) is 7.58. The highest BCUT2D eigenvalue weighted by Gasteiger charge is 2.15. The van der Waals surface area contributed by atoms with E-state index in [0.29, 0.717) is 13.2 Å². The Kier molecular flexibility index (Phi) is 3.07. The molecule has 0 bridgehead atoms. The number of benzene rings is 2. The van der Waals surface area contributed by atoms with Gasteiger partial charge in [-0.15, -0.1) is 0 Å². The zero-order valence-corrected chi connectivity index (χ0v) is 12.8. The lowest BCUT2D eigenvalue weighted by molar-refractivity contribution is 0.171. The Labute approximate surface area is 130 Å². The molecule has 4 nitrogen and oxygen atoms in total. The Balaban J connectivity index is 1.74. The van der Waals surface area contributed by atoms with Crippen molar-refractivity contribution in [3.8, 4) is 11.5 Å². The van der Waals surface area contributed by atoms with Gasteiger partial charge in [-0.1, -0.05) is 28.1 Å². The number of hydrogen-bond acceptors (Lipinski definition) is 3. The summed E-state index contributed by atoms with van der Waals surface area (Å²) in [6.07, 6.45) is 1.87. The molecule has 0 fully saturated rings. The molecule has 0 aliphatic carbocycles. The third-order valence-electron chi connectivity index (χ3n) is 3.58. The highest BCUT2D eigenvalue weighted by atomic mass is 79.9. The predicted octanol–water partition coefficient (Wildman–Crippen LogP) is 3.62. The van der Waals surface area contributed by atoms with Crippen LogP contribution in [0.3, 0.4) is 0 Å². The molecular formula is C16H13BrN2O2. The zero-order chi connectivity index (χ0) is 14.2. The number of ether oxygens (including phenoxy) is 2. The van der Waals surface area contributed by atoms with Crippen LogP contribution in [0.5, 0.6) is 11.5 Å². The van der Waals surface area contributed by atoms with E-state index < -0.39 is 0 Å². The third-order valence-corrected chi connectivity index (χ3v) is 4.32. The van der Waals surface area contributed by atoms with Crippen molar-refractivity contribution in [1.29, 1.82) is 0 Å². The number of nitrogens with zero attached hydrogens (tertiary/aromatic N) is 2. The molecule has 2 aromatic carbocycles. The van der Waals surface area contributed by atoms with Gasteiger partial charge in [0, 0.05) is 4.47 Å². The Hall–Kier alpha value is -2.01. The molecule has 5 heteroatoms. The molecule has 21 heavy (non-hydrogen) atoms. The average molecular weight is 345 g/mol. The molecule has 1 aromatic heterocycles. The average Bonchev–Trinajstić information content (AvgIpc) is 2.91. The van der Waals surface area contributed by atoms with E-state index in [2.05, 4.69) is 31.5 Å². The summed E-state index contributed by atoms with van der Waals surface area (Å²) in [5.74, 6) is 1.61. The van der Waals surface area contributed by atoms with E-state index in [-0.39, 0.29) is 0 Å². The first-order valence-electron chi connectivity index (χ1n) is 6.79. The second kappa shape index (κ2) is 5.07. The van der Waals surface area contributed by atoms with Gasteiger partial charge < -0.3 is 14.0 Å². The van der Waals surface area contributed by atoms with Crippen LogP contribution in [0.4, 0.5) is 0 Å². The van der Waals surface area contributed by atoms with Crippen LogP contribution in [0.25, 0.3) is 11.0 Å². The minimum Gasteiger partial charge on any atom is -0.486 e. The molecule has 0 spiro atoms. The molecule has 0 saturated heterocycles. The van der Waals surface area contributed by atoms with Gasteiger partial charge in [-0.2, -0.15) is 0 Å². The van der Waals surface area contributed by atoms with E-state index in [1.54, 1.807) is 0 Å². The Bertz CT molecular complexity index is 813. The standard InChI is InChI=1S/C16H13BrN2O2/c17-12-8-16-15(20-5-6-21-16)7-11(12)9-19-10-18-13-3-1-2-4-14(13)19/h1-4,7-8,10H,5-6,9H2. The van der Waals surface area contributed by atoms with E-state index in [4.69, 9.17) is 9.47 Å². The van der Waals surface area contributed by atoms with Crippen molar-refractivity contribution in [3.63, 3.8) is 0 Å². The molecule has 0 unspecified atom stereocenters. The van der Waals surface area contributed by atoms with Crippen LogP contribution in [0.1, 0.15) is 5.56 Å². The fourth-order valence-corrected chi connectivity index (χ4v) is 2.99. The van der Waals surface area contributed by atoms with Crippen LogP contribution in [-0.2, 0) is 6.54 Å². The SMILES string of the molecule is Brc1cc2c(cc1Cn1cnc3ccccc31)OCCO2. The first kappa shape index (κ1) is 12.7. The molecule has 2 heterocycles. The summed E-state index contributed by atoms with van der Waals surface area (Å²) >= 11 is 3.62. The summed E-state index contributed by atoms with van der Waals surface area (Å²) in [6, 6.07) is 12.1. The zero-order valence-electron chi connectivity index (χ0n) is 11.3. The number of aromatic nitrogens is 2. The van der Waals surface area contributed by atoms with Crippen molar-refractivity contribution in [2.75, 3.05) is 13.2 Å². The lowest BCUT2D eigenvalue weighted by atomic mass is 10.2. The number of fused-ring (bicyclic) bond motifs is 2. The third kappa shape index (κ3) is 2.27. The maximum absolute atomic E-state index is 5.66. The molecule has 0 amide bonds. The number of para-hydroxylation sites is 2. The highest BCUT2D eigenvalue weighted by molar-refractivity contribution is 9.10. The van der Waals surface area contributed by atoms with Crippen molar-refractivity contribution in [1.82, 2.24) is 9.55 Å². The maximum Gasteiger partial charge on any atom is 0.162 e. The Morgan fingerprint density at radius 3 is 2.71 bits per heavy atom. The Morgan fingerprint density at radius 1 is 1.10 bits per heavy atom. The lowest BCUT2D eigenvalue weighted by Gasteiger charge is -2.20. The van der Waals surface area contributed by atoms with Crippen LogP contribution < -0.4 is 9.47 Å². The van der Waals surface area contributed by atoms with Gasteiger partial charge in [-0.25, -0.2) is 4.98 Å². The minimum atomic E-state index is 0.599. The smallest absolute Gasteiger partial charge is 0.162 e. The molecule has 1 aliphatic rings. The normalized spacial score (nSPS) is 13.6. The molecule has 0 atom stereocenters. The van der Waals surface area contributed by atoms with Gasteiger partial charge >= 0.3 is 0 Å². The summed E-state index contributed by atoms with van der Waals surface area (Å²) in [4.78, 5) is 4.42. The van der Waals surface area contributed by atoms with Crippen LogP contribution in [-0.4, -0.2) is 22.8 Å².